The Morgan fingerprint density at radius 2 is 1.60 bits per heavy atom. The number of amides is 2. The van der Waals surface area contributed by atoms with Crippen LogP contribution >= 0.6 is 23.2 Å². The SMILES string of the molecule is COC(=O)c1ccc2nc(-c3cc(NC(=O)Nc4ccc(Cl)c(C(F)(F)F)c4)ccc3Cl)[nH]c2c1. The molecule has 12 heteroatoms. The Morgan fingerprint density at radius 3 is 2.26 bits per heavy atom. The molecule has 4 aromatic rings. The lowest BCUT2D eigenvalue weighted by atomic mass is 10.2. The number of benzene rings is 3. The van der Waals surface area contributed by atoms with Crippen LogP contribution in [-0.4, -0.2) is 29.1 Å². The van der Waals surface area contributed by atoms with Gasteiger partial charge in [0.25, 0.3) is 0 Å². The molecule has 0 aliphatic rings. The second kappa shape index (κ2) is 9.47. The van der Waals surface area contributed by atoms with Gasteiger partial charge >= 0.3 is 18.2 Å². The number of nitrogens with zero attached hydrogens (tertiary/aromatic N) is 1. The highest BCUT2D eigenvalue weighted by Gasteiger charge is 2.33. The zero-order valence-corrected chi connectivity index (χ0v) is 19.3. The molecular weight excluding hydrogens is 508 g/mol. The Labute approximate surface area is 206 Å². The van der Waals surface area contributed by atoms with Gasteiger partial charge in [0.15, 0.2) is 0 Å². The van der Waals surface area contributed by atoms with Crippen molar-refractivity contribution in [3.8, 4) is 11.4 Å². The third-order valence-corrected chi connectivity index (χ3v) is 5.57. The zero-order valence-electron chi connectivity index (χ0n) is 17.8. The number of methoxy groups -OCH3 is 1. The van der Waals surface area contributed by atoms with Gasteiger partial charge in [-0.05, 0) is 54.6 Å². The van der Waals surface area contributed by atoms with Gasteiger partial charge < -0.3 is 20.4 Å². The molecule has 2 amide bonds. The smallest absolute Gasteiger partial charge is 0.417 e. The van der Waals surface area contributed by atoms with Crippen LogP contribution in [0.3, 0.4) is 0 Å². The van der Waals surface area contributed by atoms with Crippen LogP contribution < -0.4 is 10.6 Å². The summed E-state index contributed by atoms with van der Waals surface area (Å²) >= 11 is 11.9. The predicted molar refractivity (Wildman–Crippen MR) is 127 cm³/mol. The molecule has 3 aromatic carbocycles. The molecule has 0 bridgehead atoms. The molecule has 0 unspecified atom stereocenters. The molecule has 35 heavy (non-hydrogen) atoms. The van der Waals surface area contributed by atoms with Crippen LogP contribution in [0.15, 0.2) is 54.6 Å². The molecule has 1 aromatic heterocycles. The number of rotatable bonds is 4. The highest BCUT2D eigenvalue weighted by molar-refractivity contribution is 6.33. The summed E-state index contributed by atoms with van der Waals surface area (Å²) in [6.45, 7) is 0. The maximum absolute atomic E-state index is 13.1. The summed E-state index contributed by atoms with van der Waals surface area (Å²) in [7, 11) is 1.28. The molecule has 4 rings (SSSR count). The number of imidazole rings is 1. The second-order valence-electron chi connectivity index (χ2n) is 7.28. The lowest BCUT2D eigenvalue weighted by Gasteiger charge is -2.13. The van der Waals surface area contributed by atoms with E-state index in [9.17, 15) is 22.8 Å². The van der Waals surface area contributed by atoms with Crippen molar-refractivity contribution in [2.75, 3.05) is 17.7 Å². The summed E-state index contributed by atoms with van der Waals surface area (Å²) < 4.78 is 43.9. The number of alkyl halides is 3. The molecule has 0 fully saturated rings. The summed E-state index contributed by atoms with van der Waals surface area (Å²) in [4.78, 5) is 31.7. The van der Waals surface area contributed by atoms with Crippen LogP contribution in [0.4, 0.5) is 29.3 Å². The average molecular weight is 523 g/mol. The van der Waals surface area contributed by atoms with E-state index in [2.05, 4.69) is 20.6 Å². The Hall–Kier alpha value is -3.76. The number of H-pyrrole nitrogens is 1. The van der Waals surface area contributed by atoms with Crippen molar-refractivity contribution in [1.29, 1.82) is 0 Å². The zero-order chi connectivity index (χ0) is 25.3. The normalized spacial score (nSPS) is 11.4. The summed E-state index contributed by atoms with van der Waals surface area (Å²) in [5.74, 6) is -0.120. The number of nitrogens with one attached hydrogen (secondary N) is 3. The van der Waals surface area contributed by atoms with Gasteiger partial charge in [-0.3, -0.25) is 0 Å². The lowest BCUT2D eigenvalue weighted by molar-refractivity contribution is -0.137. The largest absolute Gasteiger partial charge is 0.465 e. The molecule has 7 nitrogen and oxygen atoms in total. The van der Waals surface area contributed by atoms with Crippen LogP contribution in [0.5, 0.6) is 0 Å². The Balaban J connectivity index is 1.56. The Bertz CT molecular complexity index is 1450. The first kappa shape index (κ1) is 24.4. The van der Waals surface area contributed by atoms with Gasteiger partial charge in [0.1, 0.15) is 5.82 Å². The van der Waals surface area contributed by atoms with Crippen LogP contribution in [-0.2, 0) is 10.9 Å². The van der Waals surface area contributed by atoms with E-state index < -0.39 is 28.8 Å². The van der Waals surface area contributed by atoms with Crippen molar-refractivity contribution in [1.82, 2.24) is 9.97 Å². The fourth-order valence-corrected chi connectivity index (χ4v) is 3.71. The summed E-state index contributed by atoms with van der Waals surface area (Å²) in [6, 6.07) is 11.7. The monoisotopic (exact) mass is 522 g/mol. The number of hydrogen-bond donors (Lipinski definition) is 3. The molecule has 0 spiro atoms. The minimum atomic E-state index is -4.67. The molecule has 0 atom stereocenters. The van der Waals surface area contributed by atoms with Crippen LogP contribution in [0.2, 0.25) is 10.0 Å². The Morgan fingerprint density at radius 1 is 0.943 bits per heavy atom. The van der Waals surface area contributed by atoms with E-state index in [1.807, 2.05) is 0 Å². The molecule has 180 valence electrons. The maximum Gasteiger partial charge on any atom is 0.417 e. The number of aromatic amines is 1. The van der Waals surface area contributed by atoms with Gasteiger partial charge in [-0.2, -0.15) is 13.2 Å². The second-order valence-corrected chi connectivity index (χ2v) is 8.09. The summed E-state index contributed by atoms with van der Waals surface area (Å²) in [5.41, 5.74) is 1.08. The fraction of sp³-hybridized carbons (Fsp3) is 0.0870. The van der Waals surface area contributed by atoms with Crippen LogP contribution in [0.1, 0.15) is 15.9 Å². The van der Waals surface area contributed by atoms with Gasteiger partial charge in [0.2, 0.25) is 0 Å². The third kappa shape index (κ3) is 5.33. The first-order chi connectivity index (χ1) is 16.5. The van der Waals surface area contributed by atoms with E-state index in [0.717, 1.165) is 12.1 Å². The number of urea groups is 1. The van der Waals surface area contributed by atoms with Crippen molar-refractivity contribution in [3.63, 3.8) is 0 Å². The standard InChI is InChI=1S/C23H15Cl2F3N4O3/c1-35-21(33)11-2-7-18-19(8-11)32-20(31-18)14-9-12(3-5-16(14)24)29-22(34)30-13-4-6-17(25)15(10-13)23(26,27)28/h2-10H,1H3,(H,31,32)(H2,29,30,34). The van der Waals surface area contributed by atoms with E-state index in [1.165, 1.54) is 25.3 Å². The van der Waals surface area contributed by atoms with Gasteiger partial charge in [0.05, 0.1) is 39.3 Å². The molecular formula is C23H15Cl2F3N4O3. The van der Waals surface area contributed by atoms with E-state index >= 15 is 0 Å². The maximum atomic E-state index is 13.1. The fourth-order valence-electron chi connectivity index (χ4n) is 3.28. The number of ether oxygens (including phenoxy) is 1. The van der Waals surface area contributed by atoms with E-state index in [0.29, 0.717) is 38.7 Å². The van der Waals surface area contributed by atoms with E-state index in [1.54, 1.807) is 24.3 Å². The highest BCUT2D eigenvalue weighted by atomic mass is 35.5. The molecule has 0 radical (unpaired) electrons. The molecule has 1 heterocycles. The number of hydrogen-bond acceptors (Lipinski definition) is 4. The van der Waals surface area contributed by atoms with Gasteiger partial charge in [-0.25, -0.2) is 14.6 Å². The molecule has 0 aliphatic heterocycles. The molecule has 0 aliphatic carbocycles. The number of halogens is 5. The highest BCUT2D eigenvalue weighted by Crippen LogP contribution is 2.36. The van der Waals surface area contributed by atoms with Crippen LogP contribution in [0.25, 0.3) is 22.4 Å². The van der Waals surface area contributed by atoms with Crippen molar-refractivity contribution in [2.45, 2.75) is 6.18 Å². The lowest BCUT2D eigenvalue weighted by Crippen LogP contribution is -2.20. The first-order valence-electron chi connectivity index (χ1n) is 9.88. The first-order valence-corrected chi connectivity index (χ1v) is 10.6. The number of fused-ring (bicyclic) bond motifs is 1. The van der Waals surface area contributed by atoms with Crippen LogP contribution in [0, 0.1) is 0 Å². The number of anilines is 2. The number of esters is 1. The van der Waals surface area contributed by atoms with Crippen molar-refractivity contribution in [2.24, 2.45) is 0 Å². The summed E-state index contributed by atoms with van der Waals surface area (Å²) in [5, 5.41) is 4.73. The molecule has 3 N–H and O–H groups in total. The van der Waals surface area contributed by atoms with Crippen molar-refractivity contribution in [3.05, 3.63) is 75.8 Å². The minimum Gasteiger partial charge on any atom is -0.465 e. The minimum absolute atomic E-state index is 0.0906. The quantitative estimate of drug-likeness (QED) is 0.252. The van der Waals surface area contributed by atoms with Crippen molar-refractivity contribution >= 4 is 57.6 Å². The summed E-state index contributed by atoms with van der Waals surface area (Å²) in [6.07, 6.45) is -4.67. The third-order valence-electron chi connectivity index (χ3n) is 4.91. The van der Waals surface area contributed by atoms with Crippen molar-refractivity contribution < 1.29 is 27.5 Å². The van der Waals surface area contributed by atoms with Gasteiger partial charge in [-0.15, -0.1) is 0 Å². The number of carbonyl (C=O) groups is 2. The van der Waals surface area contributed by atoms with E-state index in [-0.39, 0.29) is 5.69 Å². The molecule has 0 saturated carbocycles. The Kier molecular flexibility index (Phi) is 6.60. The van der Waals surface area contributed by atoms with Gasteiger partial charge in [-0.1, -0.05) is 23.2 Å². The van der Waals surface area contributed by atoms with E-state index in [4.69, 9.17) is 27.9 Å². The number of carbonyl (C=O) groups excluding carboxylic acids is 2. The molecule has 0 saturated heterocycles. The predicted octanol–water partition coefficient (Wildman–Crippen LogP) is 6.99. The average Bonchev–Trinajstić information content (AvgIpc) is 3.23. The van der Waals surface area contributed by atoms with Gasteiger partial charge in [0, 0.05) is 16.9 Å². The number of aromatic nitrogens is 2. The topological polar surface area (TPSA) is 96.1 Å².